The van der Waals surface area contributed by atoms with Crippen molar-refractivity contribution in [2.75, 3.05) is 6.54 Å². The molecule has 0 aliphatic heterocycles. The Balaban J connectivity index is 1.93. The zero-order valence-corrected chi connectivity index (χ0v) is 12.4. The molecule has 3 aromatic carbocycles. The van der Waals surface area contributed by atoms with Crippen LogP contribution in [0, 0.1) is 6.92 Å². The minimum absolute atomic E-state index is 0.371. The summed E-state index contributed by atoms with van der Waals surface area (Å²) in [5, 5.41) is 2.58. The van der Waals surface area contributed by atoms with Gasteiger partial charge in [0.2, 0.25) is 0 Å². The second-order valence-electron chi connectivity index (χ2n) is 5.67. The summed E-state index contributed by atoms with van der Waals surface area (Å²) in [6.07, 6.45) is 1.00. The molecule has 0 fully saturated rings. The van der Waals surface area contributed by atoms with Crippen LogP contribution >= 0.6 is 0 Å². The van der Waals surface area contributed by atoms with Crippen molar-refractivity contribution in [2.24, 2.45) is 5.73 Å². The molecule has 0 bridgehead atoms. The van der Waals surface area contributed by atoms with Crippen molar-refractivity contribution in [2.45, 2.75) is 19.3 Å². The van der Waals surface area contributed by atoms with E-state index >= 15 is 0 Å². The van der Waals surface area contributed by atoms with E-state index in [2.05, 4.69) is 73.7 Å². The number of nitrogens with two attached hydrogens (primary N) is 1. The maximum atomic E-state index is 6.05. The summed E-state index contributed by atoms with van der Waals surface area (Å²) in [7, 11) is 0. The number of aryl methyl sites for hydroxylation is 1. The molecule has 1 heteroatoms. The van der Waals surface area contributed by atoms with E-state index < -0.39 is 0 Å². The maximum absolute atomic E-state index is 6.05. The summed E-state index contributed by atoms with van der Waals surface area (Å²) in [6.45, 7) is 2.84. The monoisotopic (exact) mass is 275 g/mol. The van der Waals surface area contributed by atoms with Crippen LogP contribution in [0.5, 0.6) is 0 Å². The predicted molar refractivity (Wildman–Crippen MR) is 90.6 cm³/mol. The summed E-state index contributed by atoms with van der Waals surface area (Å²) >= 11 is 0. The van der Waals surface area contributed by atoms with E-state index in [4.69, 9.17) is 5.73 Å². The fourth-order valence-corrected chi connectivity index (χ4v) is 2.90. The van der Waals surface area contributed by atoms with Crippen LogP contribution in [-0.2, 0) is 6.42 Å². The number of benzene rings is 3. The SMILES string of the molecule is Cc1ccccc1CC(CN)c1ccc2ccccc2c1. The lowest BCUT2D eigenvalue weighted by Crippen LogP contribution is -2.15. The Morgan fingerprint density at radius 1 is 0.857 bits per heavy atom. The number of hydrogen-bond acceptors (Lipinski definition) is 1. The van der Waals surface area contributed by atoms with Gasteiger partial charge in [0.1, 0.15) is 0 Å². The van der Waals surface area contributed by atoms with Crippen LogP contribution in [0.4, 0.5) is 0 Å². The van der Waals surface area contributed by atoms with E-state index in [0.717, 1.165) is 6.42 Å². The molecular formula is C20H21N. The lowest BCUT2D eigenvalue weighted by molar-refractivity contribution is 0.693. The largest absolute Gasteiger partial charge is 0.330 e. The Hall–Kier alpha value is -2.12. The van der Waals surface area contributed by atoms with E-state index in [1.807, 2.05) is 0 Å². The first-order valence-electron chi connectivity index (χ1n) is 7.51. The first-order chi connectivity index (χ1) is 10.3. The van der Waals surface area contributed by atoms with Gasteiger partial charge in [-0.25, -0.2) is 0 Å². The molecule has 0 aliphatic carbocycles. The quantitative estimate of drug-likeness (QED) is 0.748. The second kappa shape index (κ2) is 6.11. The molecule has 1 unspecified atom stereocenters. The molecule has 21 heavy (non-hydrogen) atoms. The summed E-state index contributed by atoms with van der Waals surface area (Å²) < 4.78 is 0. The van der Waals surface area contributed by atoms with Crippen LogP contribution in [0.1, 0.15) is 22.6 Å². The van der Waals surface area contributed by atoms with Crippen LogP contribution in [0.3, 0.4) is 0 Å². The van der Waals surface area contributed by atoms with Crippen LogP contribution in [-0.4, -0.2) is 6.54 Å². The van der Waals surface area contributed by atoms with Gasteiger partial charge >= 0.3 is 0 Å². The van der Waals surface area contributed by atoms with E-state index in [-0.39, 0.29) is 0 Å². The fraction of sp³-hybridized carbons (Fsp3) is 0.200. The molecule has 0 radical (unpaired) electrons. The highest BCUT2D eigenvalue weighted by Crippen LogP contribution is 2.25. The van der Waals surface area contributed by atoms with Gasteiger partial charge in [0.25, 0.3) is 0 Å². The minimum Gasteiger partial charge on any atom is -0.330 e. The first kappa shape index (κ1) is 13.8. The van der Waals surface area contributed by atoms with Gasteiger partial charge in [-0.05, 0) is 47.4 Å². The van der Waals surface area contributed by atoms with Crippen molar-refractivity contribution in [1.29, 1.82) is 0 Å². The van der Waals surface area contributed by atoms with E-state index in [9.17, 15) is 0 Å². The molecule has 1 atom stereocenters. The predicted octanol–water partition coefficient (Wildman–Crippen LogP) is 4.43. The van der Waals surface area contributed by atoms with Crippen molar-refractivity contribution in [3.05, 3.63) is 83.4 Å². The molecule has 106 valence electrons. The zero-order valence-electron chi connectivity index (χ0n) is 12.4. The van der Waals surface area contributed by atoms with Crippen molar-refractivity contribution in [3.8, 4) is 0 Å². The average molecular weight is 275 g/mol. The molecular weight excluding hydrogens is 254 g/mol. The Morgan fingerprint density at radius 3 is 2.33 bits per heavy atom. The van der Waals surface area contributed by atoms with Crippen LogP contribution in [0.2, 0.25) is 0 Å². The number of fused-ring (bicyclic) bond motifs is 1. The van der Waals surface area contributed by atoms with Crippen LogP contribution in [0.15, 0.2) is 66.7 Å². The van der Waals surface area contributed by atoms with Gasteiger partial charge in [-0.2, -0.15) is 0 Å². The third kappa shape index (κ3) is 2.98. The Labute approximate surface area is 126 Å². The minimum atomic E-state index is 0.371. The molecule has 3 rings (SSSR count). The van der Waals surface area contributed by atoms with Gasteiger partial charge in [0.15, 0.2) is 0 Å². The van der Waals surface area contributed by atoms with Crippen LogP contribution < -0.4 is 5.73 Å². The van der Waals surface area contributed by atoms with E-state index in [1.54, 1.807) is 0 Å². The lowest BCUT2D eigenvalue weighted by Gasteiger charge is -2.17. The molecule has 2 N–H and O–H groups in total. The zero-order chi connectivity index (χ0) is 14.7. The van der Waals surface area contributed by atoms with Gasteiger partial charge in [-0.15, -0.1) is 0 Å². The maximum Gasteiger partial charge on any atom is 0.000189 e. The van der Waals surface area contributed by atoms with Crippen molar-refractivity contribution < 1.29 is 0 Å². The van der Waals surface area contributed by atoms with Crippen molar-refractivity contribution in [1.82, 2.24) is 0 Å². The molecule has 0 saturated carbocycles. The standard InChI is InChI=1S/C20H21N/c1-15-6-2-3-8-17(15)12-20(14-21)19-11-10-16-7-4-5-9-18(16)13-19/h2-11,13,20H,12,14,21H2,1H3. The number of hydrogen-bond donors (Lipinski definition) is 1. The van der Waals surface area contributed by atoms with Crippen molar-refractivity contribution >= 4 is 10.8 Å². The third-order valence-corrected chi connectivity index (χ3v) is 4.26. The van der Waals surface area contributed by atoms with Crippen LogP contribution in [0.25, 0.3) is 10.8 Å². The molecule has 0 aliphatic rings. The Morgan fingerprint density at radius 2 is 1.57 bits per heavy atom. The number of rotatable bonds is 4. The van der Waals surface area contributed by atoms with Gasteiger partial charge in [0, 0.05) is 5.92 Å². The highest BCUT2D eigenvalue weighted by atomic mass is 14.5. The van der Waals surface area contributed by atoms with Gasteiger partial charge in [0.05, 0.1) is 0 Å². The smallest absolute Gasteiger partial charge is 0.000189 e. The van der Waals surface area contributed by atoms with Gasteiger partial charge in [-0.1, -0.05) is 66.7 Å². The average Bonchev–Trinajstić information content (AvgIpc) is 2.54. The Kier molecular flexibility index (Phi) is 4.03. The third-order valence-electron chi connectivity index (χ3n) is 4.26. The normalized spacial score (nSPS) is 12.5. The fourth-order valence-electron chi connectivity index (χ4n) is 2.90. The molecule has 3 aromatic rings. The first-order valence-corrected chi connectivity index (χ1v) is 7.51. The lowest BCUT2D eigenvalue weighted by atomic mass is 9.89. The molecule has 0 saturated heterocycles. The van der Waals surface area contributed by atoms with Gasteiger partial charge in [-0.3, -0.25) is 0 Å². The summed E-state index contributed by atoms with van der Waals surface area (Å²) in [4.78, 5) is 0. The van der Waals surface area contributed by atoms with E-state index in [0.29, 0.717) is 12.5 Å². The van der Waals surface area contributed by atoms with Crippen molar-refractivity contribution in [3.63, 3.8) is 0 Å². The highest BCUT2D eigenvalue weighted by molar-refractivity contribution is 5.83. The summed E-state index contributed by atoms with van der Waals surface area (Å²) in [5.41, 5.74) is 10.1. The van der Waals surface area contributed by atoms with E-state index in [1.165, 1.54) is 27.5 Å². The molecule has 0 amide bonds. The molecule has 1 nitrogen and oxygen atoms in total. The molecule has 0 aromatic heterocycles. The molecule has 0 heterocycles. The summed E-state index contributed by atoms with van der Waals surface area (Å²) in [5.74, 6) is 0.371. The van der Waals surface area contributed by atoms with Gasteiger partial charge < -0.3 is 5.73 Å². The molecule has 0 spiro atoms. The summed E-state index contributed by atoms with van der Waals surface area (Å²) in [6, 6.07) is 23.8. The highest BCUT2D eigenvalue weighted by Gasteiger charge is 2.12. The second-order valence-corrected chi connectivity index (χ2v) is 5.67. The Bertz CT molecular complexity index is 745. The topological polar surface area (TPSA) is 26.0 Å².